The predicted molar refractivity (Wildman–Crippen MR) is 117 cm³/mol. The number of hydrogen-bond acceptors (Lipinski definition) is 5. The quantitative estimate of drug-likeness (QED) is 0.625. The third-order valence-electron chi connectivity index (χ3n) is 6.68. The van der Waals surface area contributed by atoms with E-state index < -0.39 is 0 Å². The molecule has 156 valence electrons. The summed E-state index contributed by atoms with van der Waals surface area (Å²) in [6.45, 7) is 9.33. The maximum Gasteiger partial charge on any atom is 0.256 e. The van der Waals surface area contributed by atoms with Crippen LogP contribution in [0, 0.1) is 11.3 Å². The summed E-state index contributed by atoms with van der Waals surface area (Å²) >= 11 is 1.74. The van der Waals surface area contributed by atoms with Crippen LogP contribution in [0.25, 0.3) is 0 Å². The molecule has 1 aromatic heterocycles. The van der Waals surface area contributed by atoms with Crippen LogP contribution in [0.3, 0.4) is 0 Å². The Kier molecular flexibility index (Phi) is 5.23. The zero-order valence-electron chi connectivity index (χ0n) is 17.6. The second-order valence-electron chi connectivity index (χ2n) is 8.70. The molecule has 1 aliphatic carbocycles. The normalized spacial score (nSPS) is 21.0. The number of nitrogens with one attached hydrogen (secondary N) is 2. The first-order valence-corrected chi connectivity index (χ1v) is 11.3. The molecule has 1 aromatic carbocycles. The molecular weight excluding hydrogens is 384 g/mol. The van der Waals surface area contributed by atoms with Crippen molar-refractivity contribution in [2.24, 2.45) is 11.3 Å². The summed E-state index contributed by atoms with van der Waals surface area (Å²) in [5.74, 6) is 1.18. The monoisotopic (exact) mass is 414 g/mol. The van der Waals surface area contributed by atoms with Gasteiger partial charge < -0.3 is 20.5 Å². The third-order valence-corrected chi connectivity index (χ3v) is 7.86. The summed E-state index contributed by atoms with van der Waals surface area (Å²) in [5.41, 5.74) is 3.25. The van der Waals surface area contributed by atoms with E-state index in [0.717, 1.165) is 35.4 Å². The van der Waals surface area contributed by atoms with E-state index in [-0.39, 0.29) is 17.8 Å². The van der Waals surface area contributed by atoms with Crippen molar-refractivity contribution in [3.8, 4) is 11.5 Å². The average Bonchev–Trinajstić information content (AvgIpc) is 3.07. The van der Waals surface area contributed by atoms with Crippen LogP contribution in [0.4, 0.5) is 5.00 Å². The molecule has 29 heavy (non-hydrogen) atoms. The van der Waals surface area contributed by atoms with Crippen molar-refractivity contribution < 1.29 is 14.6 Å². The highest BCUT2D eigenvalue weighted by molar-refractivity contribution is 7.16. The van der Waals surface area contributed by atoms with Gasteiger partial charge in [0.25, 0.3) is 5.91 Å². The third kappa shape index (κ3) is 3.59. The summed E-state index contributed by atoms with van der Waals surface area (Å²) in [4.78, 5) is 14.3. The Morgan fingerprint density at radius 3 is 2.79 bits per heavy atom. The fraction of sp³-hybridized carbons (Fsp3) is 0.522. The first kappa shape index (κ1) is 20.1. The van der Waals surface area contributed by atoms with E-state index in [4.69, 9.17) is 4.74 Å². The van der Waals surface area contributed by atoms with Crippen LogP contribution >= 0.6 is 11.3 Å². The summed E-state index contributed by atoms with van der Waals surface area (Å²) in [5, 5.41) is 17.5. The van der Waals surface area contributed by atoms with E-state index in [1.807, 2.05) is 13.0 Å². The molecule has 1 amide bonds. The molecule has 6 heteroatoms. The van der Waals surface area contributed by atoms with Crippen LogP contribution in [0.2, 0.25) is 0 Å². The largest absolute Gasteiger partial charge is 0.504 e. The van der Waals surface area contributed by atoms with Crippen molar-refractivity contribution in [3.05, 3.63) is 39.8 Å². The molecule has 0 radical (unpaired) electrons. The number of anilines is 1. The van der Waals surface area contributed by atoms with E-state index in [2.05, 4.69) is 31.4 Å². The lowest BCUT2D eigenvalue weighted by molar-refractivity contribution is 0.0934. The Balaban J connectivity index is 1.61. The number of fused-ring (bicyclic) bond motifs is 3. The van der Waals surface area contributed by atoms with Gasteiger partial charge in [0.2, 0.25) is 0 Å². The Morgan fingerprint density at radius 2 is 2.07 bits per heavy atom. The van der Waals surface area contributed by atoms with E-state index in [9.17, 15) is 9.90 Å². The van der Waals surface area contributed by atoms with Gasteiger partial charge in [0.05, 0.1) is 12.2 Å². The summed E-state index contributed by atoms with van der Waals surface area (Å²) in [6, 6.07) is 5.21. The maximum atomic E-state index is 13.0. The fourth-order valence-corrected chi connectivity index (χ4v) is 5.75. The number of carbonyl (C=O) groups excluding carboxylic acids is 1. The number of phenols is 1. The number of benzene rings is 1. The van der Waals surface area contributed by atoms with E-state index in [1.165, 1.54) is 16.9 Å². The number of thiophene rings is 1. The average molecular weight is 415 g/mol. The minimum atomic E-state index is -0.335. The van der Waals surface area contributed by atoms with Crippen molar-refractivity contribution in [2.75, 3.05) is 11.9 Å². The van der Waals surface area contributed by atoms with Gasteiger partial charge in [-0.1, -0.05) is 33.3 Å². The maximum absolute atomic E-state index is 13.0. The highest BCUT2D eigenvalue weighted by Crippen LogP contribution is 2.47. The predicted octanol–water partition coefficient (Wildman–Crippen LogP) is 5.25. The zero-order chi connectivity index (χ0) is 20.8. The van der Waals surface area contributed by atoms with Crippen LogP contribution in [0.15, 0.2) is 18.2 Å². The molecule has 1 aliphatic heterocycles. The first-order valence-electron chi connectivity index (χ1n) is 10.5. The molecule has 5 nitrogen and oxygen atoms in total. The Morgan fingerprint density at radius 1 is 1.28 bits per heavy atom. The topological polar surface area (TPSA) is 70.6 Å². The molecule has 2 aliphatic rings. The number of hydrogen-bond donors (Lipinski definition) is 3. The lowest BCUT2D eigenvalue weighted by Crippen LogP contribution is -2.38. The molecule has 0 bridgehead atoms. The molecule has 0 saturated carbocycles. The summed E-state index contributed by atoms with van der Waals surface area (Å²) < 4.78 is 5.50. The van der Waals surface area contributed by atoms with Crippen molar-refractivity contribution in [3.63, 3.8) is 0 Å². The number of amides is 1. The second-order valence-corrected chi connectivity index (χ2v) is 9.81. The molecule has 3 N–H and O–H groups in total. The van der Waals surface area contributed by atoms with Gasteiger partial charge in [-0.15, -0.1) is 11.3 Å². The second kappa shape index (κ2) is 7.56. The van der Waals surface area contributed by atoms with Crippen molar-refractivity contribution in [1.29, 1.82) is 0 Å². The van der Waals surface area contributed by atoms with E-state index in [1.54, 1.807) is 23.5 Å². The Hall–Kier alpha value is -2.21. The van der Waals surface area contributed by atoms with Gasteiger partial charge in [-0.3, -0.25) is 4.79 Å². The van der Waals surface area contributed by atoms with E-state index >= 15 is 0 Å². The van der Waals surface area contributed by atoms with Crippen LogP contribution < -0.4 is 15.4 Å². The molecule has 0 saturated heterocycles. The molecule has 2 unspecified atom stereocenters. The fourth-order valence-electron chi connectivity index (χ4n) is 4.40. The lowest BCUT2D eigenvalue weighted by atomic mass is 9.69. The van der Waals surface area contributed by atoms with Gasteiger partial charge in [-0.2, -0.15) is 0 Å². The number of aromatic hydroxyl groups is 1. The van der Waals surface area contributed by atoms with Crippen LogP contribution in [0.1, 0.15) is 73.1 Å². The van der Waals surface area contributed by atoms with E-state index in [0.29, 0.717) is 23.7 Å². The highest BCUT2D eigenvalue weighted by Gasteiger charge is 2.37. The molecular formula is C23H30N2O3S. The van der Waals surface area contributed by atoms with Crippen molar-refractivity contribution in [1.82, 2.24) is 5.32 Å². The van der Waals surface area contributed by atoms with Crippen LogP contribution in [0.5, 0.6) is 11.5 Å². The van der Waals surface area contributed by atoms with Crippen molar-refractivity contribution in [2.45, 2.75) is 59.5 Å². The molecule has 2 atom stereocenters. The minimum absolute atomic E-state index is 0.0134. The number of rotatable bonds is 5. The molecule has 0 fully saturated rings. The lowest BCUT2D eigenvalue weighted by Gasteiger charge is -2.36. The number of phenolic OH excluding ortho intramolecular Hbond substituents is 1. The van der Waals surface area contributed by atoms with Crippen LogP contribution in [-0.4, -0.2) is 17.6 Å². The molecule has 0 spiro atoms. The number of ether oxygens (including phenoxy) is 1. The van der Waals surface area contributed by atoms with Gasteiger partial charge in [0.1, 0.15) is 11.2 Å². The molecule has 4 rings (SSSR count). The molecule has 2 aromatic rings. The van der Waals surface area contributed by atoms with Gasteiger partial charge in [-0.05, 0) is 60.8 Å². The van der Waals surface area contributed by atoms with Gasteiger partial charge in [0.15, 0.2) is 11.5 Å². The van der Waals surface area contributed by atoms with Crippen LogP contribution in [-0.2, 0) is 12.8 Å². The van der Waals surface area contributed by atoms with Gasteiger partial charge in [-0.25, -0.2) is 0 Å². The zero-order valence-corrected chi connectivity index (χ0v) is 18.4. The molecule has 2 heterocycles. The highest BCUT2D eigenvalue weighted by atomic mass is 32.1. The SMILES string of the molecule is CCOc1cc(C2NC(=O)c3c(sc4c3CCC(C(C)(C)CC)C4)N2)ccc1O. The van der Waals surface area contributed by atoms with Gasteiger partial charge >= 0.3 is 0 Å². The summed E-state index contributed by atoms with van der Waals surface area (Å²) in [6.07, 6.45) is 4.01. The van der Waals surface area contributed by atoms with Gasteiger partial charge in [0, 0.05) is 4.88 Å². The minimum Gasteiger partial charge on any atom is -0.504 e. The standard InChI is InChI=1S/C23H30N2O3S/c1-5-23(3,4)14-8-9-15-18(12-14)29-22-19(15)21(27)24-20(25-22)13-7-10-16(26)17(11-13)28-6-2/h7,10-11,14,20,25-26H,5-6,8-9,12H2,1-4H3,(H,24,27). The smallest absolute Gasteiger partial charge is 0.256 e. The van der Waals surface area contributed by atoms with Crippen molar-refractivity contribution >= 4 is 22.2 Å². The Bertz CT molecular complexity index is 934. The Labute approximate surface area is 176 Å². The summed E-state index contributed by atoms with van der Waals surface area (Å²) in [7, 11) is 0. The first-order chi connectivity index (χ1) is 13.8. The number of carbonyl (C=O) groups is 1.